The molecule has 0 aliphatic carbocycles. The van der Waals surface area contributed by atoms with Gasteiger partial charge in [0.15, 0.2) is 0 Å². The minimum atomic E-state index is -0.183. The molecule has 0 unspecified atom stereocenters. The third-order valence-electron chi connectivity index (χ3n) is 2.19. The lowest BCUT2D eigenvalue weighted by molar-refractivity contribution is 0.627. The Morgan fingerprint density at radius 3 is 2.50 bits per heavy atom. The molecule has 2 nitrogen and oxygen atoms in total. The maximum atomic E-state index is 12.6. The average molecular weight is 196 g/mol. The highest BCUT2D eigenvalue weighted by molar-refractivity contribution is 5.45. The van der Waals surface area contributed by atoms with Gasteiger partial charge in [-0.2, -0.15) is 0 Å². The lowest BCUT2D eigenvalue weighted by atomic mass is 10.3. The van der Waals surface area contributed by atoms with E-state index in [1.54, 1.807) is 12.1 Å². The van der Waals surface area contributed by atoms with E-state index in [4.69, 9.17) is 0 Å². The Morgan fingerprint density at radius 2 is 1.93 bits per heavy atom. The van der Waals surface area contributed by atoms with Crippen molar-refractivity contribution >= 4 is 5.69 Å². The fourth-order valence-electron chi connectivity index (χ4n) is 1.32. The zero-order chi connectivity index (χ0) is 10.4. The molecule has 0 radical (unpaired) electrons. The van der Waals surface area contributed by atoms with Crippen LogP contribution in [0.15, 0.2) is 24.3 Å². The van der Waals surface area contributed by atoms with Crippen LogP contribution < -0.4 is 10.2 Å². The molecule has 0 atom stereocenters. The van der Waals surface area contributed by atoms with Crippen LogP contribution in [0.5, 0.6) is 0 Å². The second-order valence-corrected chi connectivity index (χ2v) is 3.36. The van der Waals surface area contributed by atoms with Crippen molar-refractivity contribution < 1.29 is 4.39 Å². The first-order valence-corrected chi connectivity index (χ1v) is 4.85. The van der Waals surface area contributed by atoms with Gasteiger partial charge in [0.25, 0.3) is 0 Å². The second-order valence-electron chi connectivity index (χ2n) is 3.36. The van der Waals surface area contributed by atoms with Gasteiger partial charge >= 0.3 is 0 Å². The van der Waals surface area contributed by atoms with E-state index in [2.05, 4.69) is 10.2 Å². The molecular formula is C11H17FN2. The van der Waals surface area contributed by atoms with Crippen molar-refractivity contribution in [3.8, 4) is 0 Å². The van der Waals surface area contributed by atoms with Gasteiger partial charge in [-0.1, -0.05) is 0 Å². The first kappa shape index (κ1) is 11.0. The SMILES string of the molecule is CNCCCN(C)c1ccc(F)cc1. The van der Waals surface area contributed by atoms with Crippen LogP contribution in [0.4, 0.5) is 10.1 Å². The minimum absolute atomic E-state index is 0.183. The molecule has 1 aromatic rings. The standard InChI is InChI=1S/C11H17FN2/c1-13-8-3-9-14(2)11-6-4-10(12)5-7-11/h4-7,13H,3,8-9H2,1-2H3. The van der Waals surface area contributed by atoms with Gasteiger partial charge in [0.2, 0.25) is 0 Å². The number of hydrogen-bond acceptors (Lipinski definition) is 2. The predicted octanol–water partition coefficient (Wildman–Crippen LogP) is 1.87. The minimum Gasteiger partial charge on any atom is -0.375 e. The second kappa shape index (κ2) is 5.60. The third-order valence-corrected chi connectivity index (χ3v) is 2.19. The smallest absolute Gasteiger partial charge is 0.123 e. The Hall–Kier alpha value is -1.09. The lowest BCUT2D eigenvalue weighted by Gasteiger charge is -2.18. The van der Waals surface area contributed by atoms with E-state index < -0.39 is 0 Å². The van der Waals surface area contributed by atoms with Crippen molar-refractivity contribution in [1.29, 1.82) is 0 Å². The van der Waals surface area contributed by atoms with E-state index >= 15 is 0 Å². The largest absolute Gasteiger partial charge is 0.375 e. The van der Waals surface area contributed by atoms with Crippen molar-refractivity contribution in [2.45, 2.75) is 6.42 Å². The Morgan fingerprint density at radius 1 is 1.29 bits per heavy atom. The third kappa shape index (κ3) is 3.34. The van der Waals surface area contributed by atoms with Crippen molar-refractivity contribution in [3.05, 3.63) is 30.1 Å². The van der Waals surface area contributed by atoms with Gasteiger partial charge in [0.05, 0.1) is 0 Å². The van der Waals surface area contributed by atoms with Gasteiger partial charge in [-0.15, -0.1) is 0 Å². The zero-order valence-electron chi connectivity index (χ0n) is 8.76. The average Bonchev–Trinajstić information content (AvgIpc) is 2.19. The first-order chi connectivity index (χ1) is 6.74. The van der Waals surface area contributed by atoms with Crippen molar-refractivity contribution in [1.82, 2.24) is 5.32 Å². The van der Waals surface area contributed by atoms with Crippen LogP contribution in [0.1, 0.15) is 6.42 Å². The summed E-state index contributed by atoms with van der Waals surface area (Å²) in [7, 11) is 3.96. The Labute approximate surface area is 84.7 Å². The Balaban J connectivity index is 2.43. The number of nitrogens with one attached hydrogen (secondary N) is 1. The van der Waals surface area contributed by atoms with E-state index in [1.165, 1.54) is 12.1 Å². The van der Waals surface area contributed by atoms with Crippen LogP contribution in [-0.2, 0) is 0 Å². The Kier molecular flexibility index (Phi) is 4.40. The topological polar surface area (TPSA) is 15.3 Å². The van der Waals surface area contributed by atoms with Gasteiger partial charge in [-0.05, 0) is 44.3 Å². The molecule has 1 N–H and O–H groups in total. The molecule has 3 heteroatoms. The number of benzene rings is 1. The summed E-state index contributed by atoms with van der Waals surface area (Å²) < 4.78 is 12.6. The van der Waals surface area contributed by atoms with Crippen LogP contribution in [0, 0.1) is 5.82 Å². The van der Waals surface area contributed by atoms with E-state index in [9.17, 15) is 4.39 Å². The molecule has 0 bridgehead atoms. The summed E-state index contributed by atoms with van der Waals surface area (Å²) in [6, 6.07) is 6.58. The predicted molar refractivity (Wildman–Crippen MR) is 58.2 cm³/mol. The van der Waals surface area contributed by atoms with Crippen LogP contribution in [-0.4, -0.2) is 27.2 Å². The van der Waals surface area contributed by atoms with Gasteiger partial charge in [0.1, 0.15) is 5.82 Å². The summed E-state index contributed by atoms with van der Waals surface area (Å²) in [6.45, 7) is 1.98. The van der Waals surface area contributed by atoms with Crippen LogP contribution in [0.3, 0.4) is 0 Å². The molecule has 1 aromatic carbocycles. The molecule has 0 spiro atoms. The van der Waals surface area contributed by atoms with Crippen molar-refractivity contribution in [3.63, 3.8) is 0 Å². The molecule has 0 aromatic heterocycles. The Bertz CT molecular complexity index is 258. The fraction of sp³-hybridized carbons (Fsp3) is 0.455. The van der Waals surface area contributed by atoms with E-state index in [1.807, 2.05) is 14.1 Å². The molecule has 78 valence electrons. The van der Waals surface area contributed by atoms with E-state index in [-0.39, 0.29) is 5.82 Å². The number of halogens is 1. The van der Waals surface area contributed by atoms with Gasteiger partial charge in [0, 0.05) is 19.3 Å². The monoisotopic (exact) mass is 196 g/mol. The normalized spacial score (nSPS) is 10.2. The number of hydrogen-bond donors (Lipinski definition) is 1. The summed E-state index contributed by atoms with van der Waals surface area (Å²) in [5.41, 5.74) is 1.06. The highest BCUT2D eigenvalue weighted by atomic mass is 19.1. The molecule has 0 heterocycles. The molecule has 14 heavy (non-hydrogen) atoms. The van der Waals surface area contributed by atoms with Gasteiger partial charge in [-0.25, -0.2) is 4.39 Å². The van der Waals surface area contributed by atoms with Crippen molar-refractivity contribution in [2.24, 2.45) is 0 Å². The molecule has 0 fully saturated rings. The summed E-state index contributed by atoms with van der Waals surface area (Å²) >= 11 is 0. The number of nitrogens with zero attached hydrogens (tertiary/aromatic N) is 1. The van der Waals surface area contributed by atoms with Gasteiger partial charge < -0.3 is 10.2 Å². The fourth-order valence-corrected chi connectivity index (χ4v) is 1.32. The molecule has 0 saturated carbocycles. The summed E-state index contributed by atoms with van der Waals surface area (Å²) in [4.78, 5) is 2.12. The maximum absolute atomic E-state index is 12.6. The molecule has 0 saturated heterocycles. The van der Waals surface area contributed by atoms with Crippen LogP contribution in [0.25, 0.3) is 0 Å². The summed E-state index contributed by atoms with van der Waals surface area (Å²) in [5.74, 6) is -0.183. The number of rotatable bonds is 5. The summed E-state index contributed by atoms with van der Waals surface area (Å²) in [5, 5.41) is 3.10. The number of anilines is 1. The highest BCUT2D eigenvalue weighted by Gasteiger charge is 1.99. The quantitative estimate of drug-likeness (QED) is 0.723. The molecule has 0 amide bonds. The first-order valence-electron chi connectivity index (χ1n) is 4.85. The molecule has 0 aliphatic rings. The van der Waals surface area contributed by atoms with E-state index in [0.717, 1.165) is 25.2 Å². The molecule has 0 aliphatic heterocycles. The zero-order valence-corrected chi connectivity index (χ0v) is 8.76. The lowest BCUT2D eigenvalue weighted by Crippen LogP contribution is -2.22. The highest BCUT2D eigenvalue weighted by Crippen LogP contribution is 2.12. The van der Waals surface area contributed by atoms with Crippen LogP contribution >= 0.6 is 0 Å². The molecular weight excluding hydrogens is 179 g/mol. The van der Waals surface area contributed by atoms with Crippen LogP contribution in [0.2, 0.25) is 0 Å². The summed E-state index contributed by atoms with van der Waals surface area (Å²) in [6.07, 6.45) is 1.09. The molecule has 1 rings (SSSR count). The maximum Gasteiger partial charge on any atom is 0.123 e. The van der Waals surface area contributed by atoms with E-state index in [0.29, 0.717) is 0 Å². The van der Waals surface area contributed by atoms with Crippen molar-refractivity contribution in [2.75, 3.05) is 32.1 Å². The van der Waals surface area contributed by atoms with Gasteiger partial charge in [-0.3, -0.25) is 0 Å².